The molecule has 0 aromatic heterocycles. The molecule has 2 atom stereocenters. The number of ether oxygens (including phenoxy) is 3. The van der Waals surface area contributed by atoms with E-state index in [4.69, 9.17) is 25.8 Å². The second-order valence-corrected chi connectivity index (χ2v) is 13.6. The normalized spacial score (nSPS) is 25.9. The summed E-state index contributed by atoms with van der Waals surface area (Å²) < 4.78 is 31.7. The molecule has 0 bridgehead atoms. The van der Waals surface area contributed by atoms with Crippen LogP contribution in [0.4, 0.5) is 14.9 Å². The van der Waals surface area contributed by atoms with Gasteiger partial charge in [0.2, 0.25) is 0 Å². The van der Waals surface area contributed by atoms with Gasteiger partial charge < -0.3 is 19.1 Å². The molecule has 1 saturated carbocycles. The maximum atomic E-state index is 15.1. The fraction of sp³-hybridized carbons (Fsp3) is 0.576. The molecule has 1 aliphatic carbocycles. The zero-order valence-electron chi connectivity index (χ0n) is 26.6. The van der Waals surface area contributed by atoms with Crippen molar-refractivity contribution in [3.8, 4) is 5.75 Å². The lowest BCUT2D eigenvalue weighted by molar-refractivity contribution is -0.145. The first-order chi connectivity index (χ1) is 20.1. The molecule has 2 aliphatic rings. The van der Waals surface area contributed by atoms with Gasteiger partial charge in [-0.25, -0.2) is 14.0 Å². The molecule has 1 saturated heterocycles. The van der Waals surface area contributed by atoms with Crippen molar-refractivity contribution in [3.05, 3.63) is 58.9 Å². The molecule has 8 nitrogen and oxygen atoms in total. The summed E-state index contributed by atoms with van der Waals surface area (Å²) in [5, 5.41) is 0.281. The largest absolute Gasteiger partial charge is 0.487 e. The van der Waals surface area contributed by atoms with Crippen LogP contribution in [0.5, 0.6) is 5.75 Å². The van der Waals surface area contributed by atoms with Gasteiger partial charge in [-0.2, -0.15) is 0 Å². The van der Waals surface area contributed by atoms with Gasteiger partial charge in [0, 0.05) is 30.6 Å². The minimum atomic E-state index is -0.887. The highest BCUT2D eigenvalue weighted by Crippen LogP contribution is 2.49. The zero-order valence-corrected chi connectivity index (χ0v) is 27.3. The van der Waals surface area contributed by atoms with E-state index in [9.17, 15) is 9.59 Å². The second-order valence-electron chi connectivity index (χ2n) is 13.2. The van der Waals surface area contributed by atoms with Crippen LogP contribution in [0, 0.1) is 5.82 Å². The number of methoxy groups -OCH3 is 1. The molecular weight excluding hydrogens is 573 g/mol. The third-order valence-electron chi connectivity index (χ3n) is 9.14. The summed E-state index contributed by atoms with van der Waals surface area (Å²) in [6, 6.07) is 12.4. The van der Waals surface area contributed by atoms with Crippen LogP contribution in [-0.2, 0) is 19.8 Å². The number of carbonyl (C=O) groups excluding carboxylic acids is 2. The van der Waals surface area contributed by atoms with Gasteiger partial charge in [-0.05, 0) is 79.1 Å². The summed E-state index contributed by atoms with van der Waals surface area (Å²) in [6.07, 6.45) is 2.49. The zero-order chi connectivity index (χ0) is 31.7. The number of hydrogen-bond donors (Lipinski definition) is 0. The van der Waals surface area contributed by atoms with E-state index in [1.54, 1.807) is 20.8 Å². The minimum absolute atomic E-state index is 0.0660. The van der Waals surface area contributed by atoms with Crippen LogP contribution in [0.15, 0.2) is 42.5 Å². The predicted molar refractivity (Wildman–Crippen MR) is 166 cm³/mol. The Labute approximate surface area is 260 Å². The second kappa shape index (κ2) is 12.5. The summed E-state index contributed by atoms with van der Waals surface area (Å²) in [4.78, 5) is 31.1. The molecule has 4 rings (SSSR count). The van der Waals surface area contributed by atoms with Crippen molar-refractivity contribution < 1.29 is 28.2 Å². The average Bonchev–Trinajstić information content (AvgIpc) is 3.38. The number of likely N-dealkylation sites (tertiary alicyclic amines) is 1. The Hall–Kier alpha value is -3.04. The number of anilines is 1. The van der Waals surface area contributed by atoms with Crippen molar-refractivity contribution in [2.45, 2.75) is 88.6 Å². The number of halogens is 2. The lowest BCUT2D eigenvalue weighted by atomic mass is 9.68. The van der Waals surface area contributed by atoms with Crippen molar-refractivity contribution in [3.63, 3.8) is 0 Å². The van der Waals surface area contributed by atoms with Gasteiger partial charge in [-0.3, -0.25) is 9.80 Å². The molecule has 0 N–H and O–H groups in total. The molecule has 43 heavy (non-hydrogen) atoms. The Bertz CT molecular complexity index is 1310. The van der Waals surface area contributed by atoms with Crippen molar-refractivity contribution in [1.82, 2.24) is 9.80 Å². The first-order valence-corrected chi connectivity index (χ1v) is 15.2. The van der Waals surface area contributed by atoms with E-state index >= 15 is 4.39 Å². The summed E-state index contributed by atoms with van der Waals surface area (Å²) in [6.45, 7) is 7.51. The Balaban J connectivity index is 1.55. The summed E-state index contributed by atoms with van der Waals surface area (Å²) in [5.74, 6) is -0.897. The van der Waals surface area contributed by atoms with Crippen LogP contribution < -0.4 is 9.64 Å². The highest BCUT2D eigenvalue weighted by atomic mass is 35.5. The van der Waals surface area contributed by atoms with E-state index < -0.39 is 35.6 Å². The van der Waals surface area contributed by atoms with Crippen molar-refractivity contribution in [2.75, 3.05) is 39.7 Å². The van der Waals surface area contributed by atoms with Crippen LogP contribution in [0.2, 0.25) is 5.02 Å². The molecule has 1 heterocycles. The molecule has 2 fully saturated rings. The molecule has 0 unspecified atom stereocenters. The summed E-state index contributed by atoms with van der Waals surface area (Å²) >= 11 is 6.91. The summed E-state index contributed by atoms with van der Waals surface area (Å²) in [7, 11) is 7.47. The van der Waals surface area contributed by atoms with Crippen LogP contribution in [0.3, 0.4) is 0 Å². The van der Waals surface area contributed by atoms with Crippen LogP contribution in [0.1, 0.15) is 65.4 Å². The van der Waals surface area contributed by atoms with Gasteiger partial charge in [0.15, 0.2) is 0 Å². The lowest BCUT2D eigenvalue weighted by Crippen LogP contribution is -2.53. The number of amides is 1. The number of carbonyl (C=O) groups is 2. The Kier molecular flexibility index (Phi) is 9.57. The van der Waals surface area contributed by atoms with Gasteiger partial charge in [-0.15, -0.1) is 0 Å². The third kappa shape index (κ3) is 6.88. The molecule has 236 valence electrons. The van der Waals surface area contributed by atoms with Crippen LogP contribution in [-0.4, -0.2) is 79.9 Å². The number of esters is 1. The van der Waals surface area contributed by atoms with Crippen molar-refractivity contribution in [1.29, 1.82) is 0 Å². The molecule has 1 amide bonds. The van der Waals surface area contributed by atoms with Crippen molar-refractivity contribution >= 4 is 29.4 Å². The Morgan fingerprint density at radius 1 is 1.05 bits per heavy atom. The van der Waals surface area contributed by atoms with Crippen molar-refractivity contribution in [2.24, 2.45) is 0 Å². The monoisotopic (exact) mass is 617 g/mol. The van der Waals surface area contributed by atoms with Crippen LogP contribution in [0.25, 0.3) is 0 Å². The fourth-order valence-corrected chi connectivity index (χ4v) is 6.68. The van der Waals surface area contributed by atoms with E-state index in [2.05, 4.69) is 55.1 Å². The summed E-state index contributed by atoms with van der Waals surface area (Å²) in [5.41, 5.74) is 0.721. The third-order valence-corrected chi connectivity index (χ3v) is 9.51. The highest BCUT2D eigenvalue weighted by Gasteiger charge is 2.46. The molecular formula is C33H45ClFN3O5. The van der Waals surface area contributed by atoms with Gasteiger partial charge in [0.05, 0.1) is 19.3 Å². The topological polar surface area (TPSA) is 71.6 Å². The van der Waals surface area contributed by atoms with Gasteiger partial charge in [0.1, 0.15) is 34.3 Å². The first-order valence-electron chi connectivity index (χ1n) is 14.8. The van der Waals surface area contributed by atoms with Gasteiger partial charge in [0.25, 0.3) is 0 Å². The molecule has 0 radical (unpaired) electrons. The Morgan fingerprint density at radius 3 is 2.23 bits per heavy atom. The number of nitrogens with zero attached hydrogens (tertiary/aromatic N) is 3. The van der Waals surface area contributed by atoms with Crippen LogP contribution >= 0.6 is 11.6 Å². The molecule has 2 aromatic rings. The number of benzene rings is 2. The average molecular weight is 618 g/mol. The maximum absolute atomic E-state index is 15.1. The van der Waals surface area contributed by atoms with Gasteiger partial charge >= 0.3 is 12.1 Å². The quantitative estimate of drug-likeness (QED) is 0.323. The maximum Gasteiger partial charge on any atom is 0.411 e. The fourth-order valence-electron chi connectivity index (χ4n) is 6.40. The lowest BCUT2D eigenvalue weighted by Gasteiger charge is -2.52. The Morgan fingerprint density at radius 2 is 1.67 bits per heavy atom. The minimum Gasteiger partial charge on any atom is -0.487 e. The standard InChI is InChI=1S/C33H45ClFN3O5/c1-31(2,3)43-30(40)38-21-24(20-26(38)29(39)41-8)42-27-19-23(35)18-25(28(27)34)37(7)32(4)14-16-33(17-15-32,36(5)6)22-12-10-9-11-13-22/h9-13,18-19,24,26H,14-17,20-21H2,1-8H3/t24-,26-,32?,33?/m0/s1. The smallest absolute Gasteiger partial charge is 0.411 e. The van der Waals surface area contributed by atoms with E-state index in [1.165, 1.54) is 29.7 Å². The predicted octanol–water partition coefficient (Wildman–Crippen LogP) is 6.63. The van der Waals surface area contributed by atoms with E-state index in [-0.39, 0.29) is 34.8 Å². The van der Waals surface area contributed by atoms with E-state index in [1.807, 2.05) is 13.1 Å². The first kappa shape index (κ1) is 32.9. The van der Waals surface area contributed by atoms with Gasteiger partial charge in [-0.1, -0.05) is 41.9 Å². The SMILES string of the molecule is COC(=O)[C@@H]1C[C@H](Oc2cc(F)cc(N(C)C3(C)CCC(c4ccccc4)(N(C)C)CC3)c2Cl)CN1C(=O)OC(C)(C)C. The molecule has 1 aliphatic heterocycles. The molecule has 2 aromatic carbocycles. The van der Waals surface area contributed by atoms with E-state index in [0.717, 1.165) is 25.7 Å². The number of hydrogen-bond acceptors (Lipinski definition) is 7. The van der Waals surface area contributed by atoms with E-state index in [0.29, 0.717) is 5.69 Å². The number of rotatable bonds is 7. The molecule has 0 spiro atoms. The molecule has 10 heteroatoms. The highest BCUT2D eigenvalue weighted by molar-refractivity contribution is 6.34.